The van der Waals surface area contributed by atoms with Crippen LogP contribution in [0, 0.1) is 0 Å². The van der Waals surface area contributed by atoms with Crippen LogP contribution in [0.2, 0.25) is 0 Å². The van der Waals surface area contributed by atoms with Crippen LogP contribution in [-0.2, 0) is 4.84 Å². The van der Waals surface area contributed by atoms with Gasteiger partial charge in [-0.15, -0.1) is 11.8 Å². The molecule has 0 spiro atoms. The van der Waals surface area contributed by atoms with E-state index in [4.69, 9.17) is 15.3 Å². The van der Waals surface area contributed by atoms with Gasteiger partial charge in [0.2, 0.25) is 0 Å². The Morgan fingerprint density at radius 3 is 3.24 bits per heavy atom. The quantitative estimate of drug-likeness (QED) is 0.822. The van der Waals surface area contributed by atoms with Gasteiger partial charge >= 0.3 is 0 Å². The van der Waals surface area contributed by atoms with Crippen LogP contribution < -0.4 is 15.8 Å². The molecule has 0 saturated carbocycles. The molecule has 4 rings (SSSR count). The van der Waals surface area contributed by atoms with Crippen molar-refractivity contribution < 1.29 is 9.57 Å². The fraction of sp³-hybridized carbons (Fsp3) is 0.600. The number of hydroxylamine groups is 2. The third-order valence-electron chi connectivity index (χ3n) is 4.83. The largest absolute Gasteiger partial charge is 0.497 e. The Balaban J connectivity index is 1.67. The molecule has 3 aliphatic heterocycles. The molecule has 5 nitrogen and oxygen atoms in total. The van der Waals surface area contributed by atoms with E-state index < -0.39 is 0 Å². The summed E-state index contributed by atoms with van der Waals surface area (Å²) in [4.78, 5) is 5.88. The number of rotatable bonds is 1. The molecule has 114 valence electrons. The predicted octanol–water partition coefficient (Wildman–Crippen LogP) is 1.61. The normalized spacial score (nSPS) is 35.1. The number of hydrogen-bond acceptors (Lipinski definition) is 6. The van der Waals surface area contributed by atoms with E-state index >= 15 is 0 Å². The van der Waals surface area contributed by atoms with Gasteiger partial charge in [0.1, 0.15) is 11.7 Å². The third-order valence-corrected chi connectivity index (χ3v) is 5.72. The first-order chi connectivity index (χ1) is 10.3. The molecule has 0 bridgehead atoms. The molecule has 1 aromatic rings. The summed E-state index contributed by atoms with van der Waals surface area (Å²) in [5, 5.41) is 5.79. The Kier molecular flexibility index (Phi) is 3.49. The fourth-order valence-corrected chi connectivity index (χ4v) is 4.63. The van der Waals surface area contributed by atoms with E-state index in [9.17, 15) is 0 Å². The van der Waals surface area contributed by atoms with Crippen LogP contribution in [-0.4, -0.2) is 48.5 Å². The van der Waals surface area contributed by atoms with Gasteiger partial charge in [0, 0.05) is 29.9 Å². The summed E-state index contributed by atoms with van der Waals surface area (Å²) in [6, 6.07) is 7.00. The van der Waals surface area contributed by atoms with Gasteiger partial charge in [0.15, 0.2) is 0 Å². The molecule has 0 aliphatic carbocycles. The number of nitrogens with one attached hydrogen (secondary N) is 1. The van der Waals surface area contributed by atoms with Gasteiger partial charge in [-0.05, 0) is 30.2 Å². The van der Waals surface area contributed by atoms with E-state index in [0.717, 1.165) is 24.5 Å². The summed E-state index contributed by atoms with van der Waals surface area (Å²) >= 11 is 1.78. The molecule has 2 fully saturated rings. The zero-order chi connectivity index (χ0) is 14.4. The van der Waals surface area contributed by atoms with Crippen molar-refractivity contribution in [2.24, 2.45) is 5.73 Å². The van der Waals surface area contributed by atoms with Gasteiger partial charge in [-0.3, -0.25) is 4.84 Å². The van der Waals surface area contributed by atoms with Crippen LogP contribution in [0.4, 0.5) is 5.69 Å². The second-order valence-corrected chi connectivity index (χ2v) is 6.91. The summed E-state index contributed by atoms with van der Waals surface area (Å²) in [6.45, 7) is 0.943. The van der Waals surface area contributed by atoms with Crippen LogP contribution >= 0.6 is 11.8 Å². The van der Waals surface area contributed by atoms with Gasteiger partial charge in [-0.25, -0.2) is 0 Å². The van der Waals surface area contributed by atoms with Crippen molar-refractivity contribution in [3.63, 3.8) is 0 Å². The molecule has 2 unspecified atom stereocenters. The molecule has 0 aromatic heterocycles. The number of hydrogen-bond donors (Lipinski definition) is 2. The lowest BCUT2D eigenvalue weighted by molar-refractivity contribution is -0.186. The Labute approximate surface area is 129 Å². The second-order valence-electron chi connectivity index (χ2n) is 5.93. The highest BCUT2D eigenvalue weighted by atomic mass is 32.2. The lowest BCUT2D eigenvalue weighted by Crippen LogP contribution is -2.60. The third kappa shape index (κ3) is 2.21. The number of benzene rings is 1. The van der Waals surface area contributed by atoms with Crippen LogP contribution in [0.3, 0.4) is 0 Å². The van der Waals surface area contributed by atoms with Gasteiger partial charge in [-0.2, -0.15) is 5.06 Å². The minimum atomic E-state index is 0.133. The molecular weight excluding hydrogens is 286 g/mol. The summed E-state index contributed by atoms with van der Waals surface area (Å²) < 4.78 is 5.38. The van der Waals surface area contributed by atoms with Gasteiger partial charge < -0.3 is 15.8 Å². The first kappa shape index (κ1) is 13.7. The van der Waals surface area contributed by atoms with Gasteiger partial charge in [-0.1, -0.05) is 0 Å². The maximum Gasteiger partial charge on any atom is 0.119 e. The van der Waals surface area contributed by atoms with E-state index in [1.807, 2.05) is 6.07 Å². The lowest BCUT2D eigenvalue weighted by Gasteiger charge is -2.43. The highest BCUT2D eigenvalue weighted by molar-refractivity contribution is 7.99. The van der Waals surface area contributed by atoms with Crippen molar-refractivity contribution >= 4 is 17.4 Å². The number of nitrogens with zero attached hydrogens (tertiary/aromatic N) is 1. The summed E-state index contributed by atoms with van der Waals surface area (Å²) in [5.41, 5.74) is 9.01. The van der Waals surface area contributed by atoms with E-state index in [1.165, 1.54) is 11.3 Å². The Morgan fingerprint density at radius 2 is 2.38 bits per heavy atom. The number of methoxy groups -OCH3 is 1. The lowest BCUT2D eigenvalue weighted by atomic mass is 9.82. The highest BCUT2D eigenvalue weighted by Gasteiger charge is 2.47. The average Bonchev–Trinajstić information content (AvgIpc) is 2.77. The Hall–Kier alpha value is -0.950. The first-order valence-corrected chi connectivity index (χ1v) is 8.61. The van der Waals surface area contributed by atoms with Crippen molar-refractivity contribution in [1.82, 2.24) is 5.06 Å². The maximum absolute atomic E-state index is 6.43. The predicted molar refractivity (Wildman–Crippen MR) is 84.6 cm³/mol. The molecule has 21 heavy (non-hydrogen) atoms. The van der Waals surface area contributed by atoms with Crippen molar-refractivity contribution in [3.05, 3.63) is 23.8 Å². The standard InChI is InChI=1S/C15H21N3O2S/c1-19-9-2-3-13-11(6-9)10-4-5-18-15(14(10)17-13)12(16)7-21-8-20-18/h2-3,6,10,12,14-15,17H,4-5,7-8,16H2,1H3/t10?,12-,14?,15-/m1/s1. The number of anilines is 1. The highest BCUT2D eigenvalue weighted by Crippen LogP contribution is 2.45. The molecule has 3 aliphatic rings. The topological polar surface area (TPSA) is 59.8 Å². The monoisotopic (exact) mass is 307 g/mol. The Bertz CT molecular complexity index is 542. The molecule has 0 radical (unpaired) electrons. The van der Waals surface area contributed by atoms with Gasteiger partial charge in [0.05, 0.1) is 19.2 Å². The second kappa shape index (κ2) is 5.35. The number of nitrogens with two attached hydrogens (primary N) is 1. The van der Waals surface area contributed by atoms with Crippen molar-refractivity contribution in [2.75, 3.05) is 30.7 Å². The number of fused-ring (bicyclic) bond motifs is 5. The van der Waals surface area contributed by atoms with E-state index in [-0.39, 0.29) is 12.1 Å². The zero-order valence-corrected chi connectivity index (χ0v) is 12.9. The van der Waals surface area contributed by atoms with Crippen LogP contribution in [0.1, 0.15) is 17.9 Å². The molecule has 3 heterocycles. The van der Waals surface area contributed by atoms with Crippen LogP contribution in [0.5, 0.6) is 5.75 Å². The number of ether oxygens (including phenoxy) is 1. The molecule has 4 atom stereocenters. The number of thioether (sulfide) groups is 1. The fourth-order valence-electron chi connectivity index (χ4n) is 3.85. The van der Waals surface area contributed by atoms with E-state index in [0.29, 0.717) is 17.9 Å². The summed E-state index contributed by atoms with van der Waals surface area (Å²) in [5.74, 6) is 3.08. The minimum absolute atomic E-state index is 0.133. The Morgan fingerprint density at radius 1 is 1.48 bits per heavy atom. The van der Waals surface area contributed by atoms with Crippen LogP contribution in [0.25, 0.3) is 0 Å². The van der Waals surface area contributed by atoms with Crippen LogP contribution in [0.15, 0.2) is 18.2 Å². The summed E-state index contributed by atoms with van der Waals surface area (Å²) in [7, 11) is 1.72. The molecule has 6 heteroatoms. The zero-order valence-electron chi connectivity index (χ0n) is 12.1. The SMILES string of the molecule is COc1ccc2c(c1)C1CCN3OCSC[C@@H](N)[C@@H]3C1N2. The maximum atomic E-state index is 6.43. The molecule has 1 aromatic carbocycles. The van der Waals surface area contributed by atoms with Gasteiger partial charge in [0.25, 0.3) is 0 Å². The summed E-state index contributed by atoms with van der Waals surface area (Å²) in [6.07, 6.45) is 1.09. The average molecular weight is 307 g/mol. The molecule has 2 saturated heterocycles. The molecule has 0 amide bonds. The van der Waals surface area contributed by atoms with Crippen molar-refractivity contribution in [2.45, 2.75) is 30.5 Å². The molecular formula is C15H21N3O2S. The van der Waals surface area contributed by atoms with Crippen molar-refractivity contribution in [1.29, 1.82) is 0 Å². The van der Waals surface area contributed by atoms with Crippen molar-refractivity contribution in [3.8, 4) is 5.75 Å². The smallest absolute Gasteiger partial charge is 0.119 e. The molecule has 3 N–H and O–H groups in total. The van der Waals surface area contributed by atoms with E-state index in [1.54, 1.807) is 18.9 Å². The minimum Gasteiger partial charge on any atom is -0.497 e. The first-order valence-electron chi connectivity index (χ1n) is 7.45. The van der Waals surface area contributed by atoms with E-state index in [2.05, 4.69) is 22.5 Å². The number of piperidine rings is 1.